The highest BCUT2D eigenvalue weighted by Crippen LogP contribution is 2.33. The van der Waals surface area contributed by atoms with Crippen molar-refractivity contribution in [2.45, 2.75) is 31.3 Å². The van der Waals surface area contributed by atoms with E-state index in [2.05, 4.69) is 19.0 Å². The molecule has 0 heterocycles. The third-order valence-corrected chi connectivity index (χ3v) is 4.52. The van der Waals surface area contributed by atoms with Crippen molar-refractivity contribution in [3.63, 3.8) is 0 Å². The predicted octanol–water partition coefficient (Wildman–Crippen LogP) is 3.44. The Kier molecular flexibility index (Phi) is 4.71. The zero-order valence-electron chi connectivity index (χ0n) is 11.1. The Bertz CT molecular complexity index is 465. The lowest BCUT2D eigenvalue weighted by molar-refractivity contribution is -0.108. The van der Waals surface area contributed by atoms with Gasteiger partial charge in [0.05, 0.1) is 16.1 Å². The number of carbonyl (C=O) groups is 1. The fourth-order valence-electron chi connectivity index (χ4n) is 2.82. The summed E-state index contributed by atoms with van der Waals surface area (Å²) in [6.07, 6.45) is 4.16. The molecule has 5 heteroatoms. The number of hydrogen-bond donors (Lipinski definition) is 0. The zero-order chi connectivity index (χ0) is 14.0. The Morgan fingerprint density at radius 1 is 1.16 bits per heavy atom. The van der Waals surface area contributed by atoms with Gasteiger partial charge in [0.15, 0.2) is 0 Å². The largest absolute Gasteiger partial charge is 0.310 e. The summed E-state index contributed by atoms with van der Waals surface area (Å²) in [5, 5.41) is 0.984. The summed E-state index contributed by atoms with van der Waals surface area (Å²) in [6, 6.07) is 5.91. The highest BCUT2D eigenvalue weighted by Gasteiger charge is 2.33. The maximum atomic E-state index is 11.5. The molecule has 0 bridgehead atoms. The van der Waals surface area contributed by atoms with Gasteiger partial charge in [0.25, 0.3) is 0 Å². The van der Waals surface area contributed by atoms with E-state index in [0.717, 1.165) is 31.4 Å². The van der Waals surface area contributed by atoms with Crippen LogP contribution in [0.4, 0.5) is 5.69 Å². The number of amides is 1. The van der Waals surface area contributed by atoms with Crippen molar-refractivity contribution < 1.29 is 4.79 Å². The van der Waals surface area contributed by atoms with Crippen LogP contribution in [0, 0.1) is 0 Å². The summed E-state index contributed by atoms with van der Waals surface area (Å²) in [7, 11) is 4.11. The van der Waals surface area contributed by atoms with Gasteiger partial charge >= 0.3 is 0 Å². The quantitative estimate of drug-likeness (QED) is 0.795. The predicted molar refractivity (Wildman–Crippen MR) is 80.1 cm³/mol. The molecule has 1 aromatic rings. The first kappa shape index (κ1) is 14.6. The summed E-state index contributed by atoms with van der Waals surface area (Å²) in [5.74, 6) is 0. The van der Waals surface area contributed by atoms with Gasteiger partial charge in [-0.3, -0.25) is 4.79 Å². The lowest BCUT2D eigenvalue weighted by Crippen LogP contribution is -2.46. The van der Waals surface area contributed by atoms with Gasteiger partial charge in [-0.15, -0.1) is 0 Å². The lowest BCUT2D eigenvalue weighted by atomic mass is 10.1. The van der Waals surface area contributed by atoms with Gasteiger partial charge < -0.3 is 9.80 Å². The average Bonchev–Trinajstić information content (AvgIpc) is 2.84. The van der Waals surface area contributed by atoms with Crippen LogP contribution in [0.15, 0.2) is 18.2 Å². The van der Waals surface area contributed by atoms with Crippen molar-refractivity contribution in [2.24, 2.45) is 0 Å². The number of anilines is 1. The van der Waals surface area contributed by atoms with Crippen molar-refractivity contribution in [3.8, 4) is 0 Å². The Morgan fingerprint density at radius 3 is 2.42 bits per heavy atom. The molecule has 0 spiro atoms. The highest BCUT2D eigenvalue weighted by atomic mass is 35.5. The molecule has 1 amide bonds. The van der Waals surface area contributed by atoms with E-state index in [-0.39, 0.29) is 6.04 Å². The van der Waals surface area contributed by atoms with Crippen LogP contribution in [0.5, 0.6) is 0 Å². The zero-order valence-corrected chi connectivity index (χ0v) is 12.7. The number of rotatable bonds is 4. The van der Waals surface area contributed by atoms with E-state index in [1.165, 1.54) is 0 Å². The fraction of sp³-hybridized carbons (Fsp3) is 0.500. The minimum absolute atomic E-state index is 0.199. The van der Waals surface area contributed by atoms with Crippen molar-refractivity contribution in [1.82, 2.24) is 4.90 Å². The smallest absolute Gasteiger partial charge is 0.214 e. The van der Waals surface area contributed by atoms with Crippen molar-refractivity contribution >= 4 is 35.3 Å². The number of hydrogen-bond acceptors (Lipinski definition) is 2. The molecule has 2 atom stereocenters. The van der Waals surface area contributed by atoms with Crippen LogP contribution in [0.2, 0.25) is 10.0 Å². The maximum Gasteiger partial charge on any atom is 0.214 e. The molecule has 0 saturated heterocycles. The van der Waals surface area contributed by atoms with Crippen LogP contribution >= 0.6 is 23.2 Å². The molecule has 19 heavy (non-hydrogen) atoms. The maximum absolute atomic E-state index is 11.5. The minimum atomic E-state index is 0.199. The van der Waals surface area contributed by atoms with Gasteiger partial charge in [-0.25, -0.2) is 0 Å². The second-order valence-corrected chi connectivity index (χ2v) is 5.95. The third kappa shape index (κ3) is 3.04. The molecule has 0 aliphatic heterocycles. The molecule has 1 aliphatic carbocycles. The lowest BCUT2D eigenvalue weighted by Gasteiger charge is -2.33. The van der Waals surface area contributed by atoms with E-state index in [1.54, 1.807) is 17.0 Å². The first-order chi connectivity index (χ1) is 9.04. The SMILES string of the molecule is CN(C)C1CCCC1N(C=O)c1ccc(Cl)c(Cl)c1. The highest BCUT2D eigenvalue weighted by molar-refractivity contribution is 6.42. The van der Waals surface area contributed by atoms with Gasteiger partial charge in [-0.2, -0.15) is 0 Å². The number of carbonyl (C=O) groups excluding carboxylic acids is 1. The molecule has 104 valence electrons. The molecule has 2 unspecified atom stereocenters. The molecule has 1 saturated carbocycles. The average molecular weight is 301 g/mol. The molecule has 1 aliphatic rings. The Labute approximate surface area is 124 Å². The molecule has 0 N–H and O–H groups in total. The number of likely N-dealkylation sites (N-methyl/N-ethyl adjacent to an activating group) is 1. The Morgan fingerprint density at radius 2 is 1.84 bits per heavy atom. The van der Waals surface area contributed by atoms with E-state index in [0.29, 0.717) is 16.1 Å². The number of halogens is 2. The first-order valence-corrected chi connectivity index (χ1v) is 7.15. The van der Waals surface area contributed by atoms with Crippen LogP contribution in [-0.4, -0.2) is 37.5 Å². The first-order valence-electron chi connectivity index (χ1n) is 6.39. The van der Waals surface area contributed by atoms with Gasteiger partial charge in [-0.1, -0.05) is 23.2 Å². The van der Waals surface area contributed by atoms with E-state index in [4.69, 9.17) is 23.2 Å². The minimum Gasteiger partial charge on any atom is -0.310 e. The summed E-state index contributed by atoms with van der Waals surface area (Å²) < 4.78 is 0. The molecule has 0 aromatic heterocycles. The summed E-state index contributed by atoms with van der Waals surface area (Å²) >= 11 is 12.0. The molecular formula is C14H18Cl2N2O. The standard InChI is InChI=1S/C14H18Cl2N2O/c1-17(2)13-4-3-5-14(13)18(9-19)10-6-7-11(15)12(16)8-10/h6-9,13-14H,3-5H2,1-2H3. The van der Waals surface area contributed by atoms with Gasteiger partial charge in [0.2, 0.25) is 6.41 Å². The fourth-order valence-corrected chi connectivity index (χ4v) is 3.12. The van der Waals surface area contributed by atoms with Crippen LogP contribution in [-0.2, 0) is 4.79 Å². The van der Waals surface area contributed by atoms with Crippen molar-refractivity contribution in [3.05, 3.63) is 28.2 Å². The molecule has 0 radical (unpaired) electrons. The van der Waals surface area contributed by atoms with Gasteiger partial charge in [-0.05, 0) is 51.6 Å². The van der Waals surface area contributed by atoms with E-state index in [1.807, 2.05) is 6.07 Å². The van der Waals surface area contributed by atoms with Crippen LogP contribution in [0.25, 0.3) is 0 Å². The summed E-state index contributed by atoms with van der Waals surface area (Å²) in [6.45, 7) is 0. The third-order valence-electron chi connectivity index (χ3n) is 3.78. The van der Waals surface area contributed by atoms with Crippen LogP contribution in [0.3, 0.4) is 0 Å². The summed E-state index contributed by atoms with van der Waals surface area (Å²) in [5.41, 5.74) is 0.808. The van der Waals surface area contributed by atoms with Gasteiger partial charge in [0, 0.05) is 11.7 Å². The van der Waals surface area contributed by atoms with Crippen LogP contribution in [0.1, 0.15) is 19.3 Å². The number of benzene rings is 1. The molecule has 3 nitrogen and oxygen atoms in total. The molecule has 2 rings (SSSR count). The topological polar surface area (TPSA) is 23.6 Å². The second kappa shape index (κ2) is 6.12. The van der Waals surface area contributed by atoms with E-state index >= 15 is 0 Å². The number of nitrogens with zero attached hydrogens (tertiary/aromatic N) is 2. The Hall–Kier alpha value is -0.770. The van der Waals surface area contributed by atoms with Crippen molar-refractivity contribution in [2.75, 3.05) is 19.0 Å². The van der Waals surface area contributed by atoms with Crippen LogP contribution < -0.4 is 4.90 Å². The second-order valence-electron chi connectivity index (χ2n) is 5.14. The molecular weight excluding hydrogens is 283 g/mol. The molecule has 1 aromatic carbocycles. The summed E-state index contributed by atoms with van der Waals surface area (Å²) in [4.78, 5) is 15.5. The normalized spacial score (nSPS) is 22.8. The Balaban J connectivity index is 2.28. The van der Waals surface area contributed by atoms with E-state index in [9.17, 15) is 4.79 Å². The van der Waals surface area contributed by atoms with E-state index < -0.39 is 0 Å². The van der Waals surface area contributed by atoms with Crippen molar-refractivity contribution in [1.29, 1.82) is 0 Å². The van der Waals surface area contributed by atoms with Gasteiger partial charge in [0.1, 0.15) is 0 Å². The monoisotopic (exact) mass is 300 g/mol. The molecule has 1 fully saturated rings.